The van der Waals surface area contributed by atoms with E-state index in [0.717, 1.165) is 49.7 Å². The zero-order chi connectivity index (χ0) is 25.3. The first-order valence-corrected chi connectivity index (χ1v) is 13.0. The number of fused-ring (bicyclic) bond motifs is 1. The first-order valence-electron chi connectivity index (χ1n) is 13.0. The van der Waals surface area contributed by atoms with Crippen molar-refractivity contribution in [3.05, 3.63) is 60.4 Å². The summed E-state index contributed by atoms with van der Waals surface area (Å²) in [5.41, 5.74) is 3.40. The summed E-state index contributed by atoms with van der Waals surface area (Å²) < 4.78 is 16.4. The monoisotopic (exact) mass is 488 g/mol. The minimum atomic E-state index is -0.0966. The summed E-state index contributed by atoms with van der Waals surface area (Å²) in [7, 11) is 1.49. The lowest BCUT2D eigenvalue weighted by atomic mass is 9.46. The third-order valence-electron chi connectivity index (χ3n) is 9.02. The van der Waals surface area contributed by atoms with Gasteiger partial charge in [-0.25, -0.2) is 0 Å². The maximum absolute atomic E-state index is 12.3. The van der Waals surface area contributed by atoms with E-state index in [1.54, 1.807) is 6.26 Å². The average molecular weight is 489 g/mol. The Balaban J connectivity index is 1.35. The van der Waals surface area contributed by atoms with Gasteiger partial charge in [0, 0.05) is 11.1 Å². The van der Waals surface area contributed by atoms with Gasteiger partial charge in [-0.1, -0.05) is 55.8 Å². The van der Waals surface area contributed by atoms with Crippen molar-refractivity contribution in [3.63, 3.8) is 0 Å². The first kappa shape index (κ1) is 24.5. The lowest BCUT2D eigenvalue weighted by Crippen LogP contribution is -2.51. The van der Waals surface area contributed by atoms with E-state index < -0.39 is 0 Å². The van der Waals surface area contributed by atoms with E-state index in [0.29, 0.717) is 35.7 Å². The van der Waals surface area contributed by atoms with E-state index in [4.69, 9.17) is 13.7 Å². The van der Waals surface area contributed by atoms with Crippen LogP contribution in [-0.2, 0) is 16.0 Å². The molecule has 0 amide bonds. The molecule has 2 aromatic heterocycles. The number of hydrogen-bond donors (Lipinski definition) is 0. The number of methoxy groups -OCH3 is 1. The predicted molar refractivity (Wildman–Crippen MR) is 138 cm³/mol. The molecule has 0 aliphatic heterocycles. The van der Waals surface area contributed by atoms with Crippen molar-refractivity contribution in [2.45, 2.75) is 65.2 Å². The van der Waals surface area contributed by atoms with Crippen molar-refractivity contribution < 1.29 is 18.5 Å². The van der Waals surface area contributed by atoms with Gasteiger partial charge in [0.05, 0.1) is 19.8 Å². The Kier molecular flexibility index (Phi) is 6.62. The minimum Gasteiger partial charge on any atom is -0.469 e. The third kappa shape index (κ3) is 4.42. The van der Waals surface area contributed by atoms with Gasteiger partial charge in [0.2, 0.25) is 5.82 Å². The highest BCUT2D eigenvalue weighted by molar-refractivity contribution is 5.70. The van der Waals surface area contributed by atoms with Gasteiger partial charge in [-0.2, -0.15) is 4.98 Å². The number of nitrogens with zero attached hydrogens (tertiary/aromatic N) is 2. The number of aromatic nitrogens is 2. The number of benzene rings is 1. The summed E-state index contributed by atoms with van der Waals surface area (Å²) in [6.07, 6.45) is 9.53. The Labute approximate surface area is 213 Å². The summed E-state index contributed by atoms with van der Waals surface area (Å²) in [6.45, 7) is 9.25. The summed E-state index contributed by atoms with van der Waals surface area (Å²) in [6, 6.07) is 11.8. The molecule has 2 aliphatic rings. The summed E-state index contributed by atoms with van der Waals surface area (Å²) >= 11 is 0. The molecule has 5 rings (SSSR count). The number of aryl methyl sites for hydroxylation is 1. The second kappa shape index (κ2) is 9.72. The van der Waals surface area contributed by atoms with E-state index in [2.05, 4.69) is 30.6 Å². The van der Waals surface area contributed by atoms with Crippen molar-refractivity contribution in [2.75, 3.05) is 7.11 Å². The van der Waals surface area contributed by atoms with Gasteiger partial charge >= 0.3 is 5.97 Å². The van der Waals surface area contributed by atoms with Gasteiger partial charge in [-0.15, -0.1) is 0 Å². The molecular weight excluding hydrogens is 452 g/mol. The molecule has 3 aromatic rings. The van der Waals surface area contributed by atoms with Gasteiger partial charge in [-0.3, -0.25) is 4.79 Å². The lowest BCUT2D eigenvalue weighted by Gasteiger charge is -2.58. The SMILES string of the molecule is C=C1CC[C@H]2[C@@](C)(CC(=O)OC)CCC[C@]2(C)[C@H]1CCc1ccoc1-c1noc(-c2ccccc2)n1. The Hall–Kier alpha value is -3.15. The van der Waals surface area contributed by atoms with Crippen molar-refractivity contribution in [1.29, 1.82) is 0 Å². The summed E-state index contributed by atoms with van der Waals surface area (Å²) in [5.74, 6) is 2.40. The third-order valence-corrected chi connectivity index (χ3v) is 9.02. The second-order valence-corrected chi connectivity index (χ2v) is 11.2. The van der Waals surface area contributed by atoms with E-state index in [1.165, 1.54) is 19.1 Å². The highest BCUT2D eigenvalue weighted by Crippen LogP contribution is 2.62. The normalized spacial score (nSPS) is 28.0. The van der Waals surface area contributed by atoms with Crippen LogP contribution in [0.3, 0.4) is 0 Å². The van der Waals surface area contributed by atoms with Crippen LogP contribution in [0.1, 0.15) is 64.4 Å². The number of rotatable bonds is 7. The molecule has 2 saturated carbocycles. The molecule has 0 bridgehead atoms. The lowest BCUT2D eigenvalue weighted by molar-refractivity contribution is -0.148. The Bertz CT molecular complexity index is 1230. The van der Waals surface area contributed by atoms with Crippen molar-refractivity contribution in [3.8, 4) is 23.0 Å². The summed E-state index contributed by atoms with van der Waals surface area (Å²) in [4.78, 5) is 16.9. The summed E-state index contributed by atoms with van der Waals surface area (Å²) in [5, 5.41) is 4.20. The van der Waals surface area contributed by atoms with Crippen LogP contribution in [-0.4, -0.2) is 23.2 Å². The number of furan rings is 1. The van der Waals surface area contributed by atoms with Crippen LogP contribution < -0.4 is 0 Å². The van der Waals surface area contributed by atoms with Crippen LogP contribution in [0.2, 0.25) is 0 Å². The fourth-order valence-corrected chi connectivity index (χ4v) is 7.27. The standard InChI is InChI=1S/C30H36N2O4/c1-20-11-14-24-29(2,19-25(33)34-4)16-8-17-30(24,3)23(20)13-12-21-15-18-35-26(21)27-31-28(36-32-27)22-9-6-5-7-10-22/h5-7,9-10,15,18,23-24H,1,8,11-14,16-17,19H2,2-4H3/t23-,24-,29+,30+/m0/s1. The number of carbonyl (C=O) groups is 1. The molecule has 1 aromatic carbocycles. The predicted octanol–water partition coefficient (Wildman–Crippen LogP) is 7.27. The van der Waals surface area contributed by atoms with Crippen LogP contribution in [0.25, 0.3) is 23.0 Å². The van der Waals surface area contributed by atoms with E-state index in [-0.39, 0.29) is 16.8 Å². The van der Waals surface area contributed by atoms with Crippen LogP contribution >= 0.6 is 0 Å². The topological polar surface area (TPSA) is 78.4 Å². The zero-order valence-corrected chi connectivity index (χ0v) is 21.6. The molecule has 0 spiro atoms. The molecule has 2 heterocycles. The van der Waals surface area contributed by atoms with Gasteiger partial charge in [-0.05, 0) is 79.4 Å². The van der Waals surface area contributed by atoms with Crippen molar-refractivity contribution in [2.24, 2.45) is 22.7 Å². The molecule has 36 heavy (non-hydrogen) atoms. The van der Waals surface area contributed by atoms with Crippen molar-refractivity contribution in [1.82, 2.24) is 10.1 Å². The van der Waals surface area contributed by atoms with E-state index in [9.17, 15) is 4.79 Å². The van der Waals surface area contributed by atoms with Gasteiger partial charge in [0.1, 0.15) is 0 Å². The van der Waals surface area contributed by atoms with Gasteiger partial charge in [0.15, 0.2) is 5.76 Å². The van der Waals surface area contributed by atoms with Crippen LogP contribution in [0.5, 0.6) is 0 Å². The van der Waals surface area contributed by atoms with E-state index >= 15 is 0 Å². The number of allylic oxidation sites excluding steroid dienone is 1. The maximum atomic E-state index is 12.3. The zero-order valence-electron chi connectivity index (χ0n) is 21.6. The highest BCUT2D eigenvalue weighted by atomic mass is 16.5. The quantitative estimate of drug-likeness (QED) is 0.257. The first-order chi connectivity index (χ1) is 17.3. The van der Waals surface area contributed by atoms with Crippen LogP contribution in [0.15, 0.2) is 63.8 Å². The smallest absolute Gasteiger partial charge is 0.306 e. The second-order valence-electron chi connectivity index (χ2n) is 11.2. The molecule has 2 aliphatic carbocycles. The minimum absolute atomic E-state index is 0.0294. The van der Waals surface area contributed by atoms with Gasteiger partial charge < -0.3 is 13.7 Å². The molecule has 0 N–H and O–H groups in total. The van der Waals surface area contributed by atoms with Crippen LogP contribution in [0, 0.1) is 22.7 Å². The number of ether oxygens (including phenoxy) is 1. The van der Waals surface area contributed by atoms with Crippen molar-refractivity contribution >= 4 is 5.97 Å². The highest BCUT2D eigenvalue weighted by Gasteiger charge is 2.54. The van der Waals surface area contributed by atoms with Crippen LogP contribution in [0.4, 0.5) is 0 Å². The molecule has 0 saturated heterocycles. The Morgan fingerprint density at radius 2 is 2.00 bits per heavy atom. The largest absolute Gasteiger partial charge is 0.469 e. The number of esters is 1. The van der Waals surface area contributed by atoms with E-state index in [1.807, 2.05) is 36.4 Å². The molecule has 0 radical (unpaired) electrons. The molecule has 2 fully saturated rings. The molecule has 190 valence electrons. The average Bonchev–Trinajstić information content (AvgIpc) is 3.53. The Morgan fingerprint density at radius 1 is 1.19 bits per heavy atom. The molecular formula is C30H36N2O4. The number of hydrogen-bond acceptors (Lipinski definition) is 6. The van der Waals surface area contributed by atoms with Gasteiger partial charge in [0.25, 0.3) is 5.89 Å². The molecule has 0 unspecified atom stereocenters. The molecule has 6 heteroatoms. The molecule has 4 atom stereocenters. The fourth-order valence-electron chi connectivity index (χ4n) is 7.27. The fraction of sp³-hybridized carbons (Fsp3) is 0.500. The number of carbonyl (C=O) groups excluding carboxylic acids is 1. The maximum Gasteiger partial charge on any atom is 0.306 e. The molecule has 6 nitrogen and oxygen atoms in total. The Morgan fingerprint density at radius 3 is 2.78 bits per heavy atom.